The van der Waals surface area contributed by atoms with Crippen LogP contribution in [0.25, 0.3) is 0 Å². The van der Waals surface area contributed by atoms with Gasteiger partial charge in [0, 0.05) is 0 Å². The zero-order valence-corrected chi connectivity index (χ0v) is 18.0. The lowest BCUT2D eigenvalue weighted by atomic mass is 10.0. The van der Waals surface area contributed by atoms with E-state index < -0.39 is 20.8 Å². The second-order valence-corrected chi connectivity index (χ2v) is 8.77. The molecule has 2 aromatic rings. The number of aromatic hydroxyl groups is 1. The Hall–Kier alpha value is -2.05. The summed E-state index contributed by atoms with van der Waals surface area (Å²) in [5.41, 5.74) is 0.781. The van der Waals surface area contributed by atoms with E-state index in [9.17, 15) is 18.1 Å². The van der Waals surface area contributed by atoms with E-state index in [1.54, 1.807) is 30.3 Å². The van der Waals surface area contributed by atoms with Crippen molar-refractivity contribution in [2.75, 3.05) is 0 Å². The molecular formula is C23H32O5S. The molecule has 6 heteroatoms. The maximum atomic E-state index is 11.7. The topological polar surface area (TPSA) is 83.8 Å². The van der Waals surface area contributed by atoms with Gasteiger partial charge in [-0.25, -0.2) is 0 Å². The number of phenolic OH excluding ortho intramolecular Hbond substituents is 1. The second-order valence-electron chi connectivity index (χ2n) is 7.41. The van der Waals surface area contributed by atoms with E-state index >= 15 is 0 Å². The zero-order valence-electron chi connectivity index (χ0n) is 17.1. The van der Waals surface area contributed by atoms with Crippen LogP contribution in [-0.4, -0.2) is 18.1 Å². The molecule has 0 amide bonds. The summed E-state index contributed by atoms with van der Waals surface area (Å²) in [6, 6.07) is 11.7. The van der Waals surface area contributed by atoms with Crippen LogP contribution < -0.4 is 4.74 Å². The van der Waals surface area contributed by atoms with Crippen molar-refractivity contribution >= 4 is 10.1 Å². The molecule has 0 aliphatic rings. The number of hydrogen-bond donors (Lipinski definition) is 2. The summed E-state index contributed by atoms with van der Waals surface area (Å²) in [5.74, 6) is -0.131. The highest BCUT2D eigenvalue weighted by molar-refractivity contribution is 7.86. The highest BCUT2D eigenvalue weighted by Gasteiger charge is 2.23. The molecule has 29 heavy (non-hydrogen) atoms. The van der Waals surface area contributed by atoms with E-state index in [2.05, 4.69) is 6.92 Å². The Morgan fingerprint density at radius 2 is 1.45 bits per heavy atom. The molecule has 0 spiro atoms. The first-order chi connectivity index (χ1) is 13.9. The standard InChI is InChI=1S/C23H32O5S/c1-2-3-4-5-6-7-8-9-11-14-19-17-21(24)23(29(25,26)27)22(18-19)28-20-15-12-10-13-16-20/h10,12-13,15-18,24H,2-9,11,14H2,1H3,(H,25,26,27). The summed E-state index contributed by atoms with van der Waals surface area (Å²) in [7, 11) is -4.62. The van der Waals surface area contributed by atoms with Gasteiger partial charge in [0.25, 0.3) is 0 Å². The van der Waals surface area contributed by atoms with Crippen LogP contribution in [0.5, 0.6) is 17.2 Å². The highest BCUT2D eigenvalue weighted by atomic mass is 32.2. The summed E-state index contributed by atoms with van der Waals surface area (Å²) < 4.78 is 38.6. The van der Waals surface area contributed by atoms with Gasteiger partial charge >= 0.3 is 10.1 Å². The average Bonchev–Trinajstić information content (AvgIpc) is 2.66. The molecule has 2 rings (SSSR count). The largest absolute Gasteiger partial charge is 0.506 e. The van der Waals surface area contributed by atoms with Gasteiger partial charge in [-0.1, -0.05) is 76.5 Å². The summed E-state index contributed by atoms with van der Waals surface area (Å²) in [6.07, 6.45) is 11.6. The van der Waals surface area contributed by atoms with E-state index in [1.165, 1.54) is 51.0 Å². The average molecular weight is 421 g/mol. The van der Waals surface area contributed by atoms with Crippen LogP contribution in [-0.2, 0) is 16.5 Å². The van der Waals surface area contributed by atoms with E-state index in [0.29, 0.717) is 12.2 Å². The van der Waals surface area contributed by atoms with Gasteiger partial charge in [0.15, 0.2) is 10.6 Å². The Balaban J connectivity index is 1.97. The molecule has 0 bridgehead atoms. The van der Waals surface area contributed by atoms with E-state index in [4.69, 9.17) is 4.74 Å². The summed E-state index contributed by atoms with van der Waals surface area (Å²) in [5, 5.41) is 10.2. The molecule has 0 aromatic heterocycles. The number of unbranched alkanes of at least 4 members (excludes halogenated alkanes) is 8. The molecule has 0 saturated heterocycles. The Morgan fingerprint density at radius 1 is 0.862 bits per heavy atom. The fourth-order valence-electron chi connectivity index (χ4n) is 3.38. The minimum absolute atomic E-state index is 0.0652. The number of benzene rings is 2. The third-order valence-corrected chi connectivity index (χ3v) is 5.82. The van der Waals surface area contributed by atoms with Gasteiger partial charge in [-0.2, -0.15) is 8.42 Å². The van der Waals surface area contributed by atoms with Crippen molar-refractivity contribution in [1.82, 2.24) is 0 Å². The minimum Gasteiger partial charge on any atom is -0.506 e. The normalized spacial score (nSPS) is 11.5. The van der Waals surface area contributed by atoms with Gasteiger partial charge < -0.3 is 9.84 Å². The number of rotatable bonds is 13. The lowest BCUT2D eigenvalue weighted by Crippen LogP contribution is -2.03. The quantitative estimate of drug-likeness (QED) is 0.285. The predicted octanol–water partition coefficient (Wildman–Crippen LogP) is 6.50. The van der Waals surface area contributed by atoms with Crippen LogP contribution in [0.2, 0.25) is 0 Å². The highest BCUT2D eigenvalue weighted by Crippen LogP contribution is 2.37. The lowest BCUT2D eigenvalue weighted by molar-refractivity contribution is 0.414. The molecule has 160 valence electrons. The first-order valence-corrected chi connectivity index (χ1v) is 11.9. The third kappa shape index (κ3) is 8.07. The monoisotopic (exact) mass is 420 g/mol. The van der Waals surface area contributed by atoms with Crippen LogP contribution in [0.4, 0.5) is 0 Å². The molecule has 0 heterocycles. The van der Waals surface area contributed by atoms with Crippen LogP contribution >= 0.6 is 0 Å². The Kier molecular flexibility index (Phi) is 9.48. The molecule has 2 N–H and O–H groups in total. The van der Waals surface area contributed by atoms with Crippen molar-refractivity contribution in [1.29, 1.82) is 0 Å². The minimum atomic E-state index is -4.62. The first kappa shape index (κ1) is 23.2. The molecule has 0 unspecified atom stereocenters. The first-order valence-electron chi connectivity index (χ1n) is 10.5. The molecule has 0 radical (unpaired) electrons. The van der Waals surface area contributed by atoms with Gasteiger partial charge in [-0.15, -0.1) is 0 Å². The number of ether oxygens (including phenoxy) is 1. The van der Waals surface area contributed by atoms with Crippen LogP contribution in [0.15, 0.2) is 47.4 Å². The lowest BCUT2D eigenvalue weighted by Gasteiger charge is -2.13. The molecule has 0 aliphatic carbocycles. The predicted molar refractivity (Wildman–Crippen MR) is 115 cm³/mol. The van der Waals surface area contributed by atoms with Gasteiger partial charge in [-0.3, -0.25) is 4.55 Å². The number of aryl methyl sites for hydroxylation is 1. The second kappa shape index (κ2) is 11.8. The maximum absolute atomic E-state index is 11.7. The van der Waals surface area contributed by atoms with Crippen molar-refractivity contribution in [3.8, 4) is 17.2 Å². The summed E-state index contributed by atoms with van der Waals surface area (Å²) in [6.45, 7) is 2.22. The van der Waals surface area contributed by atoms with Crippen molar-refractivity contribution in [2.45, 2.75) is 76.0 Å². The van der Waals surface area contributed by atoms with Crippen LogP contribution in [0, 0.1) is 0 Å². The Morgan fingerprint density at radius 3 is 2.03 bits per heavy atom. The van der Waals surface area contributed by atoms with Crippen molar-refractivity contribution in [3.05, 3.63) is 48.0 Å². The Bertz CT molecular complexity index is 847. The fourth-order valence-corrected chi connectivity index (χ4v) is 4.06. The van der Waals surface area contributed by atoms with E-state index in [-0.39, 0.29) is 5.75 Å². The van der Waals surface area contributed by atoms with Crippen molar-refractivity contribution < 1.29 is 22.8 Å². The van der Waals surface area contributed by atoms with Crippen LogP contribution in [0.1, 0.15) is 70.3 Å². The van der Waals surface area contributed by atoms with Gasteiger partial charge in [0.2, 0.25) is 0 Å². The van der Waals surface area contributed by atoms with Gasteiger partial charge in [-0.05, 0) is 42.7 Å². The fraction of sp³-hybridized carbons (Fsp3) is 0.478. The molecule has 0 saturated carbocycles. The van der Waals surface area contributed by atoms with Gasteiger partial charge in [0.05, 0.1) is 0 Å². The van der Waals surface area contributed by atoms with Crippen molar-refractivity contribution in [2.24, 2.45) is 0 Å². The molecule has 0 aliphatic heterocycles. The summed E-state index contributed by atoms with van der Waals surface area (Å²) in [4.78, 5) is -0.600. The maximum Gasteiger partial charge on any atom is 0.301 e. The zero-order chi connectivity index (χ0) is 21.1. The molecular weight excluding hydrogens is 388 g/mol. The molecule has 0 atom stereocenters. The third-order valence-electron chi connectivity index (χ3n) is 4.89. The smallest absolute Gasteiger partial charge is 0.301 e. The van der Waals surface area contributed by atoms with E-state index in [1.807, 2.05) is 6.07 Å². The Labute approximate surface area is 174 Å². The number of hydrogen-bond acceptors (Lipinski definition) is 4. The molecule has 0 fully saturated rings. The molecule has 5 nitrogen and oxygen atoms in total. The molecule has 2 aromatic carbocycles. The van der Waals surface area contributed by atoms with E-state index in [0.717, 1.165) is 18.4 Å². The van der Waals surface area contributed by atoms with Crippen molar-refractivity contribution in [3.63, 3.8) is 0 Å². The van der Waals surface area contributed by atoms with Gasteiger partial charge in [0.1, 0.15) is 11.5 Å². The van der Waals surface area contributed by atoms with Crippen LogP contribution in [0.3, 0.4) is 0 Å². The number of phenols is 1. The number of para-hydroxylation sites is 1. The SMILES string of the molecule is CCCCCCCCCCCc1cc(O)c(S(=O)(=O)O)c(Oc2ccccc2)c1. The summed E-state index contributed by atoms with van der Waals surface area (Å²) >= 11 is 0.